The van der Waals surface area contributed by atoms with Crippen molar-refractivity contribution in [2.45, 2.75) is 13.5 Å². The molecule has 3 nitrogen and oxygen atoms in total. The molecule has 0 aliphatic carbocycles. The Kier molecular flexibility index (Phi) is 4.91. The van der Waals surface area contributed by atoms with E-state index in [4.69, 9.17) is 0 Å². The number of ketones is 1. The second-order valence-corrected chi connectivity index (χ2v) is 4.70. The van der Waals surface area contributed by atoms with Gasteiger partial charge in [0.05, 0.1) is 6.61 Å². The Hall–Kier alpha value is -2.13. The molecular weight excluding hydrogens is 250 g/mol. The van der Waals surface area contributed by atoms with Crippen LogP contribution >= 0.6 is 0 Å². The summed E-state index contributed by atoms with van der Waals surface area (Å²) in [7, 11) is 0. The lowest BCUT2D eigenvalue weighted by atomic mass is 10.1. The molecule has 0 atom stereocenters. The highest BCUT2D eigenvalue weighted by Gasteiger charge is 2.13. The summed E-state index contributed by atoms with van der Waals surface area (Å²) in [6.07, 6.45) is 0. The van der Waals surface area contributed by atoms with Gasteiger partial charge in [0.15, 0.2) is 5.78 Å². The highest BCUT2D eigenvalue weighted by atomic mass is 16.3. The van der Waals surface area contributed by atoms with E-state index in [1.807, 2.05) is 59.5 Å². The van der Waals surface area contributed by atoms with Crippen LogP contribution in [-0.2, 0) is 6.54 Å². The molecule has 0 saturated heterocycles. The summed E-state index contributed by atoms with van der Waals surface area (Å²) >= 11 is 0. The number of carbonyl (C=O) groups excluding carboxylic acids is 1. The Morgan fingerprint density at radius 1 is 1.05 bits per heavy atom. The second-order valence-electron chi connectivity index (χ2n) is 4.70. The van der Waals surface area contributed by atoms with Crippen molar-refractivity contribution in [2.75, 3.05) is 18.1 Å². The highest BCUT2D eigenvalue weighted by molar-refractivity contribution is 5.99. The normalized spacial score (nSPS) is 10.3. The molecule has 0 aliphatic heterocycles. The molecule has 0 heterocycles. The number of rotatable bonds is 6. The van der Waals surface area contributed by atoms with Gasteiger partial charge in [0.2, 0.25) is 0 Å². The monoisotopic (exact) mass is 269 g/mol. The predicted molar refractivity (Wildman–Crippen MR) is 81.0 cm³/mol. The van der Waals surface area contributed by atoms with Gasteiger partial charge in [-0.15, -0.1) is 0 Å². The van der Waals surface area contributed by atoms with Crippen LogP contribution in [0, 0.1) is 0 Å². The van der Waals surface area contributed by atoms with Crippen LogP contribution in [0.2, 0.25) is 0 Å². The number of benzene rings is 2. The number of nitrogens with zero attached hydrogens (tertiary/aromatic N) is 1. The van der Waals surface area contributed by atoms with Gasteiger partial charge in [-0.05, 0) is 24.6 Å². The van der Waals surface area contributed by atoms with Crippen molar-refractivity contribution in [1.82, 2.24) is 0 Å². The van der Waals surface area contributed by atoms with E-state index in [2.05, 4.69) is 0 Å². The Morgan fingerprint density at radius 3 is 2.35 bits per heavy atom. The maximum Gasteiger partial charge on any atom is 0.161 e. The fraction of sp³-hybridized carbons (Fsp3) is 0.235. The first-order valence-corrected chi connectivity index (χ1v) is 6.72. The Bertz CT molecular complexity index is 566. The molecule has 0 aliphatic rings. The minimum Gasteiger partial charge on any atom is -0.395 e. The smallest absolute Gasteiger partial charge is 0.161 e. The van der Waals surface area contributed by atoms with Gasteiger partial charge in [-0.3, -0.25) is 4.79 Å². The van der Waals surface area contributed by atoms with E-state index in [0.717, 1.165) is 11.3 Å². The van der Waals surface area contributed by atoms with Crippen LogP contribution in [0.25, 0.3) is 0 Å². The molecule has 0 spiro atoms. The molecule has 0 unspecified atom stereocenters. The summed E-state index contributed by atoms with van der Waals surface area (Å²) in [5.41, 5.74) is 2.72. The number of hydrogen-bond acceptors (Lipinski definition) is 3. The molecule has 1 N–H and O–H groups in total. The van der Waals surface area contributed by atoms with E-state index < -0.39 is 0 Å². The second kappa shape index (κ2) is 6.87. The number of para-hydroxylation sites is 1. The Balaban J connectivity index is 2.31. The molecule has 0 aromatic heterocycles. The Morgan fingerprint density at radius 2 is 1.70 bits per heavy atom. The molecular formula is C17H19NO2. The van der Waals surface area contributed by atoms with Crippen LogP contribution in [0.4, 0.5) is 5.69 Å². The number of anilines is 1. The number of hydrogen-bond donors (Lipinski definition) is 1. The lowest BCUT2D eigenvalue weighted by Gasteiger charge is -2.26. The zero-order valence-corrected chi connectivity index (χ0v) is 11.6. The third kappa shape index (κ3) is 3.45. The number of carbonyl (C=O) groups is 1. The number of aliphatic hydroxyl groups excluding tert-OH is 1. The van der Waals surface area contributed by atoms with Crippen LogP contribution in [0.5, 0.6) is 0 Å². The summed E-state index contributed by atoms with van der Waals surface area (Å²) in [6.45, 7) is 2.79. The van der Waals surface area contributed by atoms with Gasteiger partial charge in [-0.2, -0.15) is 0 Å². The molecule has 2 aromatic rings. The van der Waals surface area contributed by atoms with E-state index in [-0.39, 0.29) is 12.4 Å². The standard InChI is InChI=1S/C17H19NO2/c1-14(20)16-9-5-6-10-17(16)18(11-12-19)13-15-7-3-2-4-8-15/h2-10,19H,11-13H2,1H3. The molecule has 0 radical (unpaired) electrons. The SMILES string of the molecule is CC(=O)c1ccccc1N(CCO)Cc1ccccc1. The largest absolute Gasteiger partial charge is 0.395 e. The summed E-state index contributed by atoms with van der Waals surface area (Å²) in [6, 6.07) is 17.6. The lowest BCUT2D eigenvalue weighted by molar-refractivity contribution is 0.101. The average Bonchev–Trinajstić information content (AvgIpc) is 2.48. The molecule has 2 aromatic carbocycles. The number of aliphatic hydroxyl groups is 1. The summed E-state index contributed by atoms with van der Waals surface area (Å²) in [4.78, 5) is 13.8. The van der Waals surface area contributed by atoms with Crippen LogP contribution in [0.3, 0.4) is 0 Å². The van der Waals surface area contributed by atoms with E-state index in [1.54, 1.807) is 6.92 Å². The molecule has 0 bridgehead atoms. The zero-order valence-electron chi connectivity index (χ0n) is 11.6. The van der Waals surface area contributed by atoms with Crippen molar-refractivity contribution in [3.8, 4) is 0 Å². The van der Waals surface area contributed by atoms with E-state index >= 15 is 0 Å². The van der Waals surface area contributed by atoms with Gasteiger partial charge in [0.1, 0.15) is 0 Å². The van der Waals surface area contributed by atoms with Gasteiger partial charge in [-0.25, -0.2) is 0 Å². The molecule has 0 fully saturated rings. The quantitative estimate of drug-likeness (QED) is 0.820. The van der Waals surface area contributed by atoms with E-state index in [1.165, 1.54) is 0 Å². The predicted octanol–water partition coefficient (Wildman–Crippen LogP) is 2.89. The van der Waals surface area contributed by atoms with Crippen molar-refractivity contribution in [2.24, 2.45) is 0 Å². The maximum absolute atomic E-state index is 11.7. The maximum atomic E-state index is 11.7. The minimum atomic E-state index is 0.0385. The number of Topliss-reactive ketones (excluding diaryl/α,β-unsaturated/α-hetero) is 1. The molecule has 0 amide bonds. The van der Waals surface area contributed by atoms with Crippen molar-refractivity contribution in [3.05, 3.63) is 65.7 Å². The van der Waals surface area contributed by atoms with Crippen molar-refractivity contribution < 1.29 is 9.90 Å². The minimum absolute atomic E-state index is 0.0385. The molecule has 2 rings (SSSR count). The van der Waals surface area contributed by atoms with Crippen LogP contribution < -0.4 is 4.90 Å². The van der Waals surface area contributed by atoms with Crippen LogP contribution in [0.1, 0.15) is 22.8 Å². The lowest BCUT2D eigenvalue weighted by Crippen LogP contribution is -2.27. The summed E-state index contributed by atoms with van der Waals surface area (Å²) < 4.78 is 0. The first-order chi connectivity index (χ1) is 9.72. The van der Waals surface area contributed by atoms with Crippen LogP contribution in [-0.4, -0.2) is 24.0 Å². The van der Waals surface area contributed by atoms with E-state index in [0.29, 0.717) is 18.7 Å². The zero-order chi connectivity index (χ0) is 14.4. The van der Waals surface area contributed by atoms with Crippen molar-refractivity contribution in [1.29, 1.82) is 0 Å². The summed E-state index contributed by atoms with van der Waals surface area (Å²) in [5, 5.41) is 9.28. The van der Waals surface area contributed by atoms with Gasteiger partial charge >= 0.3 is 0 Å². The van der Waals surface area contributed by atoms with Crippen molar-refractivity contribution >= 4 is 11.5 Å². The topological polar surface area (TPSA) is 40.5 Å². The van der Waals surface area contributed by atoms with Gasteiger partial charge in [0, 0.05) is 24.3 Å². The van der Waals surface area contributed by atoms with Crippen LogP contribution in [0.15, 0.2) is 54.6 Å². The van der Waals surface area contributed by atoms with Crippen molar-refractivity contribution in [3.63, 3.8) is 0 Å². The summed E-state index contributed by atoms with van der Waals surface area (Å²) in [5.74, 6) is 0.0385. The fourth-order valence-electron chi connectivity index (χ4n) is 2.26. The highest BCUT2D eigenvalue weighted by Crippen LogP contribution is 2.22. The Labute approximate surface area is 119 Å². The molecule has 20 heavy (non-hydrogen) atoms. The van der Waals surface area contributed by atoms with Gasteiger partial charge in [-0.1, -0.05) is 42.5 Å². The molecule has 104 valence electrons. The fourth-order valence-corrected chi connectivity index (χ4v) is 2.26. The molecule has 3 heteroatoms. The van der Waals surface area contributed by atoms with Gasteiger partial charge in [0.25, 0.3) is 0 Å². The van der Waals surface area contributed by atoms with Gasteiger partial charge < -0.3 is 10.0 Å². The third-order valence-corrected chi connectivity index (χ3v) is 3.21. The van der Waals surface area contributed by atoms with E-state index in [9.17, 15) is 9.90 Å². The third-order valence-electron chi connectivity index (χ3n) is 3.21. The first-order valence-electron chi connectivity index (χ1n) is 6.72. The molecule has 0 saturated carbocycles. The average molecular weight is 269 g/mol. The first kappa shape index (κ1) is 14.3.